The molecule has 0 aliphatic heterocycles. The minimum atomic E-state index is -0.281. The molecule has 5 nitrogen and oxygen atoms in total. The number of amides is 2. The monoisotopic (exact) mass is 368 g/mol. The van der Waals surface area contributed by atoms with E-state index < -0.39 is 0 Å². The van der Waals surface area contributed by atoms with Crippen LogP contribution in [-0.2, 0) is 4.79 Å². The van der Waals surface area contributed by atoms with Gasteiger partial charge in [0.05, 0.1) is 12.6 Å². The predicted octanol–water partition coefficient (Wildman–Crippen LogP) is 3.51. The summed E-state index contributed by atoms with van der Waals surface area (Å²) in [6.07, 6.45) is 1.01. The van der Waals surface area contributed by atoms with E-state index in [-0.39, 0.29) is 30.4 Å². The molecule has 1 atom stereocenters. The summed E-state index contributed by atoms with van der Waals surface area (Å²) in [5.74, 6) is 0.499. The lowest BCUT2D eigenvalue weighted by Crippen LogP contribution is -2.38. The van der Waals surface area contributed by atoms with Crippen molar-refractivity contribution in [1.82, 2.24) is 10.6 Å². The molecule has 5 heteroatoms. The molecular weight excluding hydrogens is 340 g/mol. The average Bonchev–Trinajstić information content (AvgIpc) is 2.67. The third kappa shape index (κ3) is 6.77. The summed E-state index contributed by atoms with van der Waals surface area (Å²) < 4.78 is 5.55. The Kier molecular flexibility index (Phi) is 7.86. The van der Waals surface area contributed by atoms with Gasteiger partial charge in [0.1, 0.15) is 5.75 Å². The van der Waals surface area contributed by atoms with Crippen molar-refractivity contribution in [2.75, 3.05) is 13.1 Å². The third-order valence-electron chi connectivity index (χ3n) is 4.21. The molecule has 0 saturated carbocycles. The molecule has 2 aromatic rings. The summed E-state index contributed by atoms with van der Waals surface area (Å²) in [4.78, 5) is 24.2. The lowest BCUT2D eigenvalue weighted by molar-refractivity contribution is -0.120. The molecule has 2 N–H and O–H groups in total. The Morgan fingerprint density at radius 2 is 1.63 bits per heavy atom. The molecule has 0 aromatic heterocycles. The molecule has 0 spiro atoms. The van der Waals surface area contributed by atoms with Gasteiger partial charge in [-0.05, 0) is 50.1 Å². The first-order valence-corrected chi connectivity index (χ1v) is 9.36. The van der Waals surface area contributed by atoms with Gasteiger partial charge in [0.25, 0.3) is 5.91 Å². The SMILES string of the molecule is CCC(CNC(=O)CNC(=O)c1ccc(OC(C)C)cc1)c1ccccc1. The smallest absolute Gasteiger partial charge is 0.251 e. The normalized spacial score (nSPS) is 11.7. The van der Waals surface area contributed by atoms with E-state index in [1.54, 1.807) is 24.3 Å². The molecule has 2 aromatic carbocycles. The Hall–Kier alpha value is -2.82. The predicted molar refractivity (Wildman–Crippen MR) is 107 cm³/mol. The highest BCUT2D eigenvalue weighted by atomic mass is 16.5. The summed E-state index contributed by atoms with van der Waals surface area (Å²) in [6.45, 7) is 6.49. The van der Waals surface area contributed by atoms with Gasteiger partial charge in [0, 0.05) is 18.0 Å². The van der Waals surface area contributed by atoms with E-state index in [2.05, 4.69) is 29.7 Å². The van der Waals surface area contributed by atoms with Crippen LogP contribution in [0.15, 0.2) is 54.6 Å². The summed E-state index contributed by atoms with van der Waals surface area (Å²) in [5, 5.41) is 5.54. The van der Waals surface area contributed by atoms with Crippen LogP contribution < -0.4 is 15.4 Å². The van der Waals surface area contributed by atoms with E-state index in [0.717, 1.165) is 6.42 Å². The van der Waals surface area contributed by atoms with Crippen LogP contribution in [0, 0.1) is 0 Å². The Morgan fingerprint density at radius 3 is 2.22 bits per heavy atom. The Bertz CT molecular complexity index is 727. The van der Waals surface area contributed by atoms with Crippen molar-refractivity contribution in [3.63, 3.8) is 0 Å². The van der Waals surface area contributed by atoms with Gasteiger partial charge in [-0.1, -0.05) is 37.3 Å². The van der Waals surface area contributed by atoms with E-state index in [9.17, 15) is 9.59 Å². The molecule has 2 rings (SSSR count). The molecular formula is C22H28N2O3. The first kappa shape index (κ1) is 20.5. The second kappa shape index (κ2) is 10.4. The van der Waals surface area contributed by atoms with E-state index in [0.29, 0.717) is 17.9 Å². The maximum Gasteiger partial charge on any atom is 0.251 e. The molecule has 1 unspecified atom stereocenters. The third-order valence-corrected chi connectivity index (χ3v) is 4.21. The second-order valence-corrected chi connectivity index (χ2v) is 6.69. The number of hydrogen-bond acceptors (Lipinski definition) is 3. The highest BCUT2D eigenvalue weighted by Gasteiger charge is 2.12. The summed E-state index contributed by atoms with van der Waals surface area (Å²) in [7, 11) is 0. The molecule has 0 radical (unpaired) electrons. The lowest BCUT2D eigenvalue weighted by atomic mass is 9.96. The summed E-state index contributed by atoms with van der Waals surface area (Å²) in [5.41, 5.74) is 1.70. The van der Waals surface area contributed by atoms with Crippen molar-refractivity contribution in [2.24, 2.45) is 0 Å². The van der Waals surface area contributed by atoms with Crippen molar-refractivity contribution in [3.05, 3.63) is 65.7 Å². The van der Waals surface area contributed by atoms with Gasteiger partial charge in [-0.15, -0.1) is 0 Å². The minimum Gasteiger partial charge on any atom is -0.491 e. The zero-order valence-electron chi connectivity index (χ0n) is 16.2. The van der Waals surface area contributed by atoms with Gasteiger partial charge in [-0.25, -0.2) is 0 Å². The van der Waals surface area contributed by atoms with Crippen molar-refractivity contribution in [1.29, 1.82) is 0 Å². The van der Waals surface area contributed by atoms with Crippen LogP contribution in [0.2, 0.25) is 0 Å². The molecule has 0 bridgehead atoms. The standard InChI is InChI=1S/C22H28N2O3/c1-4-17(18-8-6-5-7-9-18)14-23-21(25)15-24-22(26)19-10-12-20(13-11-19)27-16(2)3/h5-13,16-17H,4,14-15H2,1-3H3,(H,23,25)(H,24,26). The molecule has 27 heavy (non-hydrogen) atoms. The molecule has 144 valence electrons. The minimum absolute atomic E-state index is 0.0473. The van der Waals surface area contributed by atoms with Gasteiger partial charge in [-0.2, -0.15) is 0 Å². The lowest BCUT2D eigenvalue weighted by Gasteiger charge is -2.16. The molecule has 0 saturated heterocycles. The van der Waals surface area contributed by atoms with Crippen molar-refractivity contribution >= 4 is 11.8 Å². The van der Waals surface area contributed by atoms with Gasteiger partial charge in [0.2, 0.25) is 5.91 Å². The summed E-state index contributed by atoms with van der Waals surface area (Å²) >= 11 is 0. The number of ether oxygens (including phenoxy) is 1. The fourth-order valence-electron chi connectivity index (χ4n) is 2.74. The van der Waals surface area contributed by atoms with E-state index in [4.69, 9.17) is 4.74 Å². The molecule has 2 amide bonds. The maximum absolute atomic E-state index is 12.2. The molecule has 0 heterocycles. The zero-order chi connectivity index (χ0) is 19.6. The first-order valence-electron chi connectivity index (χ1n) is 9.36. The van der Waals surface area contributed by atoms with Crippen LogP contribution in [0.4, 0.5) is 0 Å². The topological polar surface area (TPSA) is 67.4 Å². The van der Waals surface area contributed by atoms with Crippen molar-refractivity contribution < 1.29 is 14.3 Å². The van der Waals surface area contributed by atoms with Crippen LogP contribution in [0.25, 0.3) is 0 Å². The molecule has 0 fully saturated rings. The van der Waals surface area contributed by atoms with Crippen molar-refractivity contribution in [3.8, 4) is 5.75 Å². The van der Waals surface area contributed by atoms with Gasteiger partial charge in [0.15, 0.2) is 0 Å². The highest BCUT2D eigenvalue weighted by Crippen LogP contribution is 2.17. The van der Waals surface area contributed by atoms with E-state index in [1.807, 2.05) is 32.0 Å². The number of hydrogen-bond donors (Lipinski definition) is 2. The fraction of sp³-hybridized carbons (Fsp3) is 0.364. The highest BCUT2D eigenvalue weighted by molar-refractivity contribution is 5.96. The van der Waals surface area contributed by atoms with Crippen LogP contribution in [0.3, 0.4) is 0 Å². The number of nitrogens with one attached hydrogen (secondary N) is 2. The van der Waals surface area contributed by atoms with Gasteiger partial charge in [-0.3, -0.25) is 9.59 Å². The number of rotatable bonds is 9. The quantitative estimate of drug-likeness (QED) is 0.712. The van der Waals surface area contributed by atoms with E-state index >= 15 is 0 Å². The second-order valence-electron chi connectivity index (χ2n) is 6.69. The summed E-state index contributed by atoms with van der Waals surface area (Å²) in [6, 6.07) is 17.0. The number of carbonyl (C=O) groups excluding carboxylic acids is 2. The fourth-order valence-corrected chi connectivity index (χ4v) is 2.74. The molecule has 0 aliphatic rings. The van der Waals surface area contributed by atoms with Crippen LogP contribution in [0.1, 0.15) is 49.0 Å². The Morgan fingerprint density at radius 1 is 0.963 bits per heavy atom. The van der Waals surface area contributed by atoms with Crippen LogP contribution >= 0.6 is 0 Å². The van der Waals surface area contributed by atoms with Gasteiger partial charge < -0.3 is 15.4 Å². The molecule has 0 aliphatic carbocycles. The van der Waals surface area contributed by atoms with E-state index in [1.165, 1.54) is 5.56 Å². The van der Waals surface area contributed by atoms with Gasteiger partial charge >= 0.3 is 0 Å². The zero-order valence-corrected chi connectivity index (χ0v) is 16.2. The Labute approximate surface area is 161 Å². The average molecular weight is 368 g/mol. The largest absolute Gasteiger partial charge is 0.491 e. The first-order chi connectivity index (χ1) is 13.0. The Balaban J connectivity index is 1.78. The maximum atomic E-state index is 12.2. The van der Waals surface area contributed by atoms with Crippen molar-refractivity contribution in [2.45, 2.75) is 39.2 Å². The van der Waals surface area contributed by atoms with Crippen LogP contribution in [0.5, 0.6) is 5.75 Å². The number of carbonyl (C=O) groups is 2. The van der Waals surface area contributed by atoms with Crippen LogP contribution in [-0.4, -0.2) is 31.0 Å². The number of benzene rings is 2.